The van der Waals surface area contributed by atoms with Crippen LogP contribution in [0.2, 0.25) is 0 Å². The number of aromatic carboxylic acids is 1. The molecular formula is C12H14BrNO5S. The van der Waals surface area contributed by atoms with E-state index in [1.54, 1.807) is 0 Å². The van der Waals surface area contributed by atoms with Gasteiger partial charge in [0.15, 0.2) is 0 Å². The van der Waals surface area contributed by atoms with Crippen molar-refractivity contribution < 1.29 is 23.4 Å². The van der Waals surface area contributed by atoms with Crippen molar-refractivity contribution in [2.75, 3.05) is 13.1 Å². The van der Waals surface area contributed by atoms with Crippen molar-refractivity contribution in [1.82, 2.24) is 4.31 Å². The summed E-state index contributed by atoms with van der Waals surface area (Å²) in [5.74, 6) is -1.18. The van der Waals surface area contributed by atoms with Crippen molar-refractivity contribution in [2.45, 2.75) is 23.8 Å². The van der Waals surface area contributed by atoms with Crippen molar-refractivity contribution in [1.29, 1.82) is 0 Å². The minimum Gasteiger partial charge on any atom is -0.478 e. The molecule has 0 saturated carbocycles. The topological polar surface area (TPSA) is 94.9 Å². The van der Waals surface area contributed by atoms with E-state index >= 15 is 0 Å². The molecule has 0 aromatic heterocycles. The van der Waals surface area contributed by atoms with Gasteiger partial charge in [-0.15, -0.1) is 0 Å². The summed E-state index contributed by atoms with van der Waals surface area (Å²) in [4.78, 5) is 10.9. The fourth-order valence-electron chi connectivity index (χ4n) is 2.06. The van der Waals surface area contributed by atoms with Crippen LogP contribution in [0.3, 0.4) is 0 Å². The van der Waals surface area contributed by atoms with Crippen LogP contribution in [0.4, 0.5) is 0 Å². The Hall–Kier alpha value is -0.960. The van der Waals surface area contributed by atoms with E-state index in [9.17, 15) is 18.3 Å². The quantitative estimate of drug-likeness (QED) is 0.843. The van der Waals surface area contributed by atoms with Gasteiger partial charge in [-0.05, 0) is 47.0 Å². The molecule has 2 rings (SSSR count). The molecule has 0 radical (unpaired) electrons. The third-order valence-corrected chi connectivity index (χ3v) is 6.11. The van der Waals surface area contributed by atoms with Crippen molar-refractivity contribution >= 4 is 31.9 Å². The van der Waals surface area contributed by atoms with E-state index in [0.29, 0.717) is 17.3 Å². The highest BCUT2D eigenvalue weighted by Crippen LogP contribution is 2.28. The fourth-order valence-corrected chi connectivity index (χ4v) is 4.48. The van der Waals surface area contributed by atoms with E-state index in [1.807, 2.05) is 0 Å². The number of aliphatic hydroxyl groups excluding tert-OH is 1. The number of piperidine rings is 1. The number of halogens is 1. The molecule has 0 amide bonds. The predicted octanol–water partition coefficient (Wildman–Crippen LogP) is 1.29. The first kappa shape index (κ1) is 15.4. The molecular weight excluding hydrogens is 350 g/mol. The van der Waals surface area contributed by atoms with Crippen molar-refractivity contribution in [3.05, 3.63) is 28.2 Å². The van der Waals surface area contributed by atoms with E-state index in [2.05, 4.69) is 15.9 Å². The van der Waals surface area contributed by atoms with Crippen molar-refractivity contribution in [3.8, 4) is 0 Å². The second-order valence-electron chi connectivity index (χ2n) is 4.59. The van der Waals surface area contributed by atoms with Gasteiger partial charge in [0.2, 0.25) is 10.0 Å². The van der Waals surface area contributed by atoms with Crippen LogP contribution in [0.25, 0.3) is 0 Å². The standard InChI is InChI=1S/C12H14BrNO5S/c13-10-2-1-8(12(16)17)7-11(10)20(18,19)14-5-3-9(15)4-6-14/h1-2,7,9,15H,3-6H2,(H,16,17). The van der Waals surface area contributed by atoms with Gasteiger partial charge in [0.1, 0.15) is 0 Å². The van der Waals surface area contributed by atoms with Crippen LogP contribution in [0, 0.1) is 0 Å². The number of aliphatic hydroxyl groups is 1. The van der Waals surface area contributed by atoms with Crippen molar-refractivity contribution in [3.63, 3.8) is 0 Å². The number of benzene rings is 1. The van der Waals surface area contributed by atoms with Crippen molar-refractivity contribution in [2.24, 2.45) is 0 Å². The molecule has 1 aromatic carbocycles. The maximum Gasteiger partial charge on any atom is 0.335 e. The van der Waals surface area contributed by atoms with Gasteiger partial charge in [0.25, 0.3) is 0 Å². The molecule has 0 aliphatic carbocycles. The van der Waals surface area contributed by atoms with Gasteiger partial charge in [-0.2, -0.15) is 4.31 Å². The summed E-state index contributed by atoms with van der Waals surface area (Å²) in [7, 11) is -3.76. The molecule has 2 N–H and O–H groups in total. The normalized spacial score (nSPS) is 18.1. The van der Waals surface area contributed by atoms with Crippen LogP contribution in [0.1, 0.15) is 23.2 Å². The van der Waals surface area contributed by atoms with Gasteiger partial charge < -0.3 is 10.2 Å². The summed E-state index contributed by atoms with van der Waals surface area (Å²) in [5, 5.41) is 18.4. The predicted molar refractivity (Wildman–Crippen MR) is 75.1 cm³/mol. The summed E-state index contributed by atoms with van der Waals surface area (Å²) in [6.07, 6.45) is 0.292. The van der Waals surface area contributed by atoms with Crippen LogP contribution in [-0.4, -0.2) is 48.1 Å². The maximum atomic E-state index is 12.5. The number of hydrogen-bond acceptors (Lipinski definition) is 4. The lowest BCUT2D eigenvalue weighted by Crippen LogP contribution is -2.40. The number of nitrogens with zero attached hydrogens (tertiary/aromatic N) is 1. The van der Waals surface area contributed by atoms with E-state index in [4.69, 9.17) is 5.11 Å². The first-order valence-electron chi connectivity index (χ1n) is 6.03. The summed E-state index contributed by atoms with van der Waals surface area (Å²) in [6.45, 7) is 0.459. The molecule has 110 valence electrons. The van der Waals surface area contributed by atoms with Crippen LogP contribution < -0.4 is 0 Å². The lowest BCUT2D eigenvalue weighted by Gasteiger charge is -2.29. The third-order valence-electron chi connectivity index (χ3n) is 3.22. The zero-order chi connectivity index (χ0) is 14.9. The second-order valence-corrected chi connectivity index (χ2v) is 7.35. The number of carboxylic acid groups (broad SMARTS) is 1. The number of carbonyl (C=O) groups is 1. The number of carboxylic acids is 1. The molecule has 1 fully saturated rings. The second kappa shape index (κ2) is 5.80. The van der Waals surface area contributed by atoms with Crippen LogP contribution in [-0.2, 0) is 10.0 Å². The van der Waals surface area contributed by atoms with Gasteiger partial charge in [-0.1, -0.05) is 0 Å². The molecule has 1 aliphatic heterocycles. The Morgan fingerprint density at radius 3 is 2.45 bits per heavy atom. The van der Waals surface area contributed by atoms with Gasteiger partial charge in [-0.3, -0.25) is 0 Å². The first-order chi connectivity index (χ1) is 9.32. The Labute approximate surface area is 125 Å². The van der Waals surface area contributed by atoms with E-state index < -0.39 is 22.1 Å². The highest BCUT2D eigenvalue weighted by atomic mass is 79.9. The molecule has 0 unspecified atom stereocenters. The van der Waals surface area contributed by atoms with Gasteiger partial charge in [0.05, 0.1) is 16.6 Å². The molecule has 6 nitrogen and oxygen atoms in total. The summed E-state index contributed by atoms with van der Waals surface area (Å²) in [6, 6.07) is 3.90. The fraction of sp³-hybridized carbons (Fsp3) is 0.417. The maximum absolute atomic E-state index is 12.5. The Balaban J connectivity index is 2.38. The Kier molecular flexibility index (Phi) is 4.48. The van der Waals surface area contributed by atoms with E-state index in [1.165, 1.54) is 16.4 Å². The minimum atomic E-state index is -3.76. The SMILES string of the molecule is O=C(O)c1ccc(Br)c(S(=O)(=O)N2CCC(O)CC2)c1. The van der Waals surface area contributed by atoms with Crippen LogP contribution in [0.15, 0.2) is 27.6 Å². The van der Waals surface area contributed by atoms with Gasteiger partial charge in [0, 0.05) is 17.6 Å². The highest BCUT2D eigenvalue weighted by molar-refractivity contribution is 9.10. The first-order valence-corrected chi connectivity index (χ1v) is 8.26. The smallest absolute Gasteiger partial charge is 0.335 e. The van der Waals surface area contributed by atoms with E-state index in [-0.39, 0.29) is 23.5 Å². The largest absolute Gasteiger partial charge is 0.478 e. The molecule has 8 heteroatoms. The molecule has 0 atom stereocenters. The zero-order valence-electron chi connectivity index (χ0n) is 10.5. The van der Waals surface area contributed by atoms with Crippen LogP contribution >= 0.6 is 15.9 Å². The summed E-state index contributed by atoms with van der Waals surface area (Å²) in [5.41, 5.74) is -0.0798. The average molecular weight is 364 g/mol. The molecule has 1 heterocycles. The van der Waals surface area contributed by atoms with E-state index in [0.717, 1.165) is 6.07 Å². The lowest BCUT2D eigenvalue weighted by atomic mass is 10.1. The number of hydrogen-bond donors (Lipinski definition) is 2. The molecule has 20 heavy (non-hydrogen) atoms. The Morgan fingerprint density at radius 1 is 1.30 bits per heavy atom. The molecule has 1 aliphatic rings. The average Bonchev–Trinajstić information content (AvgIpc) is 2.39. The molecule has 1 saturated heterocycles. The number of sulfonamides is 1. The Bertz CT molecular complexity index is 623. The third kappa shape index (κ3) is 3.03. The zero-order valence-corrected chi connectivity index (χ0v) is 12.9. The van der Waals surface area contributed by atoms with Crippen LogP contribution in [0.5, 0.6) is 0 Å². The minimum absolute atomic E-state index is 0.0613. The molecule has 0 bridgehead atoms. The van der Waals surface area contributed by atoms with Gasteiger partial charge in [-0.25, -0.2) is 13.2 Å². The number of rotatable bonds is 3. The monoisotopic (exact) mass is 363 g/mol. The van der Waals surface area contributed by atoms with Gasteiger partial charge >= 0.3 is 5.97 Å². The lowest BCUT2D eigenvalue weighted by molar-refractivity contribution is 0.0696. The summed E-state index contributed by atoms with van der Waals surface area (Å²) < 4.78 is 26.6. The summed E-state index contributed by atoms with van der Waals surface area (Å²) >= 11 is 3.15. The molecule has 1 aromatic rings. The molecule has 0 spiro atoms. The Morgan fingerprint density at radius 2 is 1.90 bits per heavy atom. The highest BCUT2D eigenvalue weighted by Gasteiger charge is 2.30.